The van der Waals surface area contributed by atoms with Crippen LogP contribution in [0.15, 0.2) is 9.90 Å². The fraction of sp³-hybridized carbons (Fsp3) is 0.643. The van der Waals surface area contributed by atoms with Crippen LogP contribution in [-0.2, 0) is 10.3 Å². The topological polar surface area (TPSA) is 87.1 Å². The minimum absolute atomic E-state index is 0.0881. The third kappa shape index (κ3) is 2.73. The van der Waals surface area contributed by atoms with Crippen molar-refractivity contribution in [2.24, 2.45) is 5.73 Å². The summed E-state index contributed by atoms with van der Waals surface area (Å²) >= 11 is 1.51. The molecule has 1 aliphatic rings. The minimum atomic E-state index is -0.403. The molecule has 2 heterocycles. The lowest BCUT2D eigenvalue weighted by molar-refractivity contribution is -0.0527. The quantitative estimate of drug-likeness (QED) is 0.934. The van der Waals surface area contributed by atoms with Crippen LogP contribution in [-0.4, -0.2) is 22.2 Å². The molecule has 21 heavy (non-hydrogen) atoms. The first-order chi connectivity index (χ1) is 10.1. The van der Waals surface area contributed by atoms with Crippen molar-refractivity contribution in [3.8, 4) is 11.6 Å². The number of nitrogens with two attached hydrogens (primary N) is 1. The number of rotatable bonds is 4. The van der Waals surface area contributed by atoms with E-state index in [0.29, 0.717) is 17.4 Å². The number of thiazole rings is 1. The third-order valence-corrected chi connectivity index (χ3v) is 5.06. The van der Waals surface area contributed by atoms with Crippen molar-refractivity contribution in [2.75, 3.05) is 7.11 Å². The Morgan fingerprint density at radius 1 is 1.33 bits per heavy atom. The highest BCUT2D eigenvalue weighted by Crippen LogP contribution is 2.39. The molecule has 2 aromatic heterocycles. The molecule has 0 saturated heterocycles. The number of hydrogen-bond donors (Lipinski definition) is 1. The van der Waals surface area contributed by atoms with Gasteiger partial charge in [-0.2, -0.15) is 4.98 Å². The zero-order valence-corrected chi connectivity index (χ0v) is 13.2. The molecule has 0 radical (unpaired) electrons. The molecular weight excluding hydrogens is 288 g/mol. The molecule has 0 aliphatic heterocycles. The van der Waals surface area contributed by atoms with Gasteiger partial charge in [0.05, 0.1) is 6.04 Å². The Hall–Kier alpha value is -1.31. The van der Waals surface area contributed by atoms with E-state index in [0.717, 1.165) is 30.7 Å². The molecule has 0 aromatic carbocycles. The predicted molar refractivity (Wildman–Crippen MR) is 79.8 cm³/mol. The fourth-order valence-electron chi connectivity index (χ4n) is 2.75. The third-order valence-electron chi connectivity index (χ3n) is 4.02. The standard InChI is InChI=1S/C14H20N4O2S/c1-9(15)12-16-10(8-21-12)11-17-13(18-20-11)14(19-2)6-4-3-5-7-14/h8-9H,3-7,15H2,1-2H3. The molecule has 2 N–H and O–H groups in total. The Labute approximate surface area is 127 Å². The monoisotopic (exact) mass is 308 g/mol. The van der Waals surface area contributed by atoms with Gasteiger partial charge < -0.3 is 15.0 Å². The van der Waals surface area contributed by atoms with Gasteiger partial charge in [-0.3, -0.25) is 0 Å². The number of aromatic nitrogens is 3. The zero-order valence-electron chi connectivity index (χ0n) is 12.3. The first-order valence-corrected chi connectivity index (χ1v) is 8.13. The summed E-state index contributed by atoms with van der Waals surface area (Å²) < 4.78 is 11.1. The van der Waals surface area contributed by atoms with E-state index < -0.39 is 5.60 Å². The van der Waals surface area contributed by atoms with E-state index in [2.05, 4.69) is 15.1 Å². The van der Waals surface area contributed by atoms with Gasteiger partial charge >= 0.3 is 0 Å². The van der Waals surface area contributed by atoms with Crippen molar-refractivity contribution in [1.82, 2.24) is 15.1 Å². The van der Waals surface area contributed by atoms with Gasteiger partial charge in [-0.15, -0.1) is 11.3 Å². The second-order valence-electron chi connectivity index (χ2n) is 5.54. The molecule has 2 aromatic rings. The molecule has 7 heteroatoms. The molecule has 1 saturated carbocycles. The van der Waals surface area contributed by atoms with E-state index >= 15 is 0 Å². The summed E-state index contributed by atoms with van der Waals surface area (Å²) in [6, 6.07) is -0.0881. The van der Waals surface area contributed by atoms with Crippen molar-refractivity contribution in [2.45, 2.75) is 50.7 Å². The van der Waals surface area contributed by atoms with Crippen LogP contribution in [0.25, 0.3) is 11.6 Å². The van der Waals surface area contributed by atoms with E-state index in [-0.39, 0.29) is 6.04 Å². The molecule has 1 fully saturated rings. The molecule has 6 nitrogen and oxygen atoms in total. The normalized spacial score (nSPS) is 19.6. The van der Waals surface area contributed by atoms with E-state index in [1.807, 2.05) is 12.3 Å². The van der Waals surface area contributed by atoms with Gasteiger partial charge in [0.2, 0.25) is 5.82 Å². The summed E-state index contributed by atoms with van der Waals surface area (Å²) in [5.74, 6) is 1.07. The Balaban J connectivity index is 1.88. The lowest BCUT2D eigenvalue weighted by atomic mass is 9.84. The largest absolute Gasteiger partial charge is 0.370 e. The Bertz CT molecular complexity index is 602. The first kappa shape index (κ1) is 14.6. The van der Waals surface area contributed by atoms with Gasteiger partial charge in [-0.05, 0) is 19.8 Å². The van der Waals surface area contributed by atoms with Crippen LogP contribution in [0.2, 0.25) is 0 Å². The van der Waals surface area contributed by atoms with Crippen LogP contribution < -0.4 is 5.73 Å². The summed E-state index contributed by atoms with van der Waals surface area (Å²) in [7, 11) is 1.72. The molecule has 114 valence electrons. The van der Waals surface area contributed by atoms with Crippen LogP contribution in [0, 0.1) is 0 Å². The first-order valence-electron chi connectivity index (χ1n) is 7.25. The van der Waals surface area contributed by atoms with Crippen molar-refractivity contribution in [3.63, 3.8) is 0 Å². The van der Waals surface area contributed by atoms with Crippen LogP contribution in [0.1, 0.15) is 55.9 Å². The summed E-state index contributed by atoms with van der Waals surface area (Å²) in [5.41, 5.74) is 6.12. The van der Waals surface area contributed by atoms with Crippen molar-refractivity contribution in [3.05, 3.63) is 16.2 Å². The lowest BCUT2D eigenvalue weighted by Gasteiger charge is -2.32. The van der Waals surface area contributed by atoms with Crippen molar-refractivity contribution in [1.29, 1.82) is 0 Å². The van der Waals surface area contributed by atoms with Crippen molar-refractivity contribution < 1.29 is 9.26 Å². The Morgan fingerprint density at radius 2 is 2.10 bits per heavy atom. The van der Waals surface area contributed by atoms with Crippen LogP contribution in [0.4, 0.5) is 0 Å². The number of ether oxygens (including phenoxy) is 1. The average molecular weight is 308 g/mol. The van der Waals surface area contributed by atoms with E-state index in [1.54, 1.807) is 7.11 Å². The number of methoxy groups -OCH3 is 1. The molecule has 0 spiro atoms. The minimum Gasteiger partial charge on any atom is -0.370 e. The molecule has 0 bridgehead atoms. The van der Waals surface area contributed by atoms with Crippen LogP contribution >= 0.6 is 11.3 Å². The maximum atomic E-state index is 5.83. The van der Waals surface area contributed by atoms with Gasteiger partial charge in [-0.25, -0.2) is 4.98 Å². The van der Waals surface area contributed by atoms with Gasteiger partial charge in [0.15, 0.2) is 0 Å². The van der Waals surface area contributed by atoms with Gasteiger partial charge in [0, 0.05) is 12.5 Å². The summed E-state index contributed by atoms with van der Waals surface area (Å²) in [4.78, 5) is 8.96. The molecular formula is C14H20N4O2S. The molecule has 3 rings (SSSR count). The summed E-state index contributed by atoms with van der Waals surface area (Å²) in [6.45, 7) is 1.91. The molecule has 1 unspecified atom stereocenters. The van der Waals surface area contributed by atoms with Gasteiger partial charge in [-0.1, -0.05) is 24.4 Å². The lowest BCUT2D eigenvalue weighted by Crippen LogP contribution is -2.32. The number of nitrogens with zero attached hydrogens (tertiary/aromatic N) is 3. The Kier molecular flexibility index (Phi) is 4.05. The summed E-state index contributed by atoms with van der Waals surface area (Å²) in [5, 5.41) is 6.90. The Morgan fingerprint density at radius 3 is 2.71 bits per heavy atom. The highest BCUT2D eigenvalue weighted by Gasteiger charge is 2.38. The SMILES string of the molecule is COC1(c2noc(-c3csc(C(C)N)n3)n2)CCCCC1. The van der Waals surface area contributed by atoms with Crippen LogP contribution in [0.3, 0.4) is 0 Å². The molecule has 1 aliphatic carbocycles. The fourth-order valence-corrected chi connectivity index (χ4v) is 3.50. The highest BCUT2D eigenvalue weighted by molar-refractivity contribution is 7.10. The predicted octanol–water partition coefficient (Wildman–Crippen LogP) is 3.02. The highest BCUT2D eigenvalue weighted by atomic mass is 32.1. The number of hydrogen-bond acceptors (Lipinski definition) is 7. The second-order valence-corrected chi connectivity index (χ2v) is 6.43. The summed E-state index contributed by atoms with van der Waals surface area (Å²) in [6.07, 6.45) is 5.36. The molecule has 1 atom stereocenters. The average Bonchev–Trinajstić information content (AvgIpc) is 3.17. The van der Waals surface area contributed by atoms with Crippen molar-refractivity contribution >= 4 is 11.3 Å². The van der Waals surface area contributed by atoms with Crippen LogP contribution in [0.5, 0.6) is 0 Å². The van der Waals surface area contributed by atoms with Gasteiger partial charge in [0.1, 0.15) is 16.3 Å². The zero-order chi connectivity index (χ0) is 14.9. The maximum absolute atomic E-state index is 5.83. The smallest absolute Gasteiger partial charge is 0.277 e. The van der Waals surface area contributed by atoms with Gasteiger partial charge in [0.25, 0.3) is 5.89 Å². The maximum Gasteiger partial charge on any atom is 0.277 e. The second kappa shape index (κ2) is 5.82. The van der Waals surface area contributed by atoms with E-state index in [4.69, 9.17) is 15.0 Å². The molecule has 0 amide bonds. The van der Waals surface area contributed by atoms with E-state index in [1.165, 1.54) is 17.8 Å². The van der Waals surface area contributed by atoms with E-state index in [9.17, 15) is 0 Å².